The van der Waals surface area contributed by atoms with E-state index in [1.165, 1.54) is 18.2 Å². The standard InChI is InChI=1S/C17H9ClN4O5/c18-8-1-3-11-13(5-8)19-14(20-15(11)23)7-21-16(24)10-4-2-9(22(26)27)6-12(10)17(21)25/h1-6H,7H2,(H,19,20,23). The summed E-state index contributed by atoms with van der Waals surface area (Å²) >= 11 is 5.92. The van der Waals surface area contributed by atoms with Crippen molar-refractivity contribution in [1.29, 1.82) is 0 Å². The molecule has 0 bridgehead atoms. The molecule has 3 aromatic rings. The Morgan fingerprint density at radius 3 is 2.56 bits per heavy atom. The van der Waals surface area contributed by atoms with Crippen LogP contribution in [0.2, 0.25) is 5.02 Å². The molecule has 2 heterocycles. The summed E-state index contributed by atoms with van der Waals surface area (Å²) in [5, 5.41) is 11.6. The number of rotatable bonds is 3. The molecule has 0 atom stereocenters. The highest BCUT2D eigenvalue weighted by molar-refractivity contribution is 6.31. The number of nitro benzene ring substituents is 1. The number of nitro groups is 1. The molecule has 1 N–H and O–H groups in total. The molecule has 0 unspecified atom stereocenters. The normalized spacial score (nSPS) is 13.3. The number of benzene rings is 2. The van der Waals surface area contributed by atoms with Crippen LogP contribution >= 0.6 is 11.6 Å². The number of imide groups is 1. The maximum atomic E-state index is 12.5. The fourth-order valence-corrected chi connectivity index (χ4v) is 3.09. The molecule has 0 fully saturated rings. The number of carbonyl (C=O) groups is 2. The Labute approximate surface area is 155 Å². The Hall–Kier alpha value is -3.59. The van der Waals surface area contributed by atoms with Gasteiger partial charge in [-0.2, -0.15) is 0 Å². The van der Waals surface area contributed by atoms with Crippen LogP contribution in [0.5, 0.6) is 0 Å². The number of non-ortho nitro benzene ring substituents is 1. The van der Waals surface area contributed by atoms with Crippen LogP contribution < -0.4 is 5.56 Å². The van der Waals surface area contributed by atoms with Crippen molar-refractivity contribution in [3.63, 3.8) is 0 Å². The van der Waals surface area contributed by atoms with Crippen molar-refractivity contribution in [3.8, 4) is 0 Å². The number of fused-ring (bicyclic) bond motifs is 2. The lowest BCUT2D eigenvalue weighted by Crippen LogP contribution is -2.31. The summed E-state index contributed by atoms with van der Waals surface area (Å²) in [5.74, 6) is -1.20. The van der Waals surface area contributed by atoms with Crippen LogP contribution in [0, 0.1) is 10.1 Å². The monoisotopic (exact) mass is 384 g/mol. The molecule has 4 rings (SSSR count). The highest BCUT2D eigenvalue weighted by atomic mass is 35.5. The number of aromatic amines is 1. The van der Waals surface area contributed by atoms with Crippen molar-refractivity contribution in [3.05, 3.63) is 78.8 Å². The van der Waals surface area contributed by atoms with E-state index < -0.39 is 22.3 Å². The molecule has 134 valence electrons. The van der Waals surface area contributed by atoms with Crippen molar-refractivity contribution >= 4 is 40.0 Å². The lowest BCUT2D eigenvalue weighted by Gasteiger charge is -2.13. The summed E-state index contributed by atoms with van der Waals surface area (Å²) < 4.78 is 0. The lowest BCUT2D eigenvalue weighted by molar-refractivity contribution is -0.384. The van der Waals surface area contributed by atoms with E-state index in [1.54, 1.807) is 6.07 Å². The summed E-state index contributed by atoms with van der Waals surface area (Å²) in [4.78, 5) is 55.1. The fourth-order valence-electron chi connectivity index (χ4n) is 2.92. The first-order valence-corrected chi connectivity index (χ1v) is 8.06. The summed E-state index contributed by atoms with van der Waals surface area (Å²) in [6.45, 7) is -0.280. The van der Waals surface area contributed by atoms with Gasteiger partial charge in [0.05, 0.1) is 33.5 Å². The number of hydrogen-bond donors (Lipinski definition) is 1. The summed E-state index contributed by atoms with van der Waals surface area (Å²) in [5.41, 5.74) is -0.381. The highest BCUT2D eigenvalue weighted by Crippen LogP contribution is 2.27. The summed E-state index contributed by atoms with van der Waals surface area (Å²) in [7, 11) is 0. The quantitative estimate of drug-likeness (QED) is 0.419. The Kier molecular flexibility index (Phi) is 3.74. The van der Waals surface area contributed by atoms with Gasteiger partial charge in [0.2, 0.25) is 0 Å². The van der Waals surface area contributed by atoms with E-state index in [1.807, 2.05) is 0 Å². The van der Waals surface area contributed by atoms with Crippen molar-refractivity contribution in [1.82, 2.24) is 14.9 Å². The van der Waals surface area contributed by atoms with Crippen LogP contribution in [0.1, 0.15) is 26.5 Å². The number of halogens is 1. The Morgan fingerprint density at radius 1 is 1.07 bits per heavy atom. The number of nitrogens with zero attached hydrogens (tertiary/aromatic N) is 3. The van der Waals surface area contributed by atoms with Gasteiger partial charge in [0.15, 0.2) is 0 Å². The molecule has 27 heavy (non-hydrogen) atoms. The fraction of sp³-hybridized carbons (Fsp3) is 0.0588. The van der Waals surface area contributed by atoms with Crippen molar-refractivity contribution in [2.75, 3.05) is 0 Å². The first kappa shape index (κ1) is 16.9. The third-order valence-corrected chi connectivity index (χ3v) is 4.43. The number of nitrogens with one attached hydrogen (secondary N) is 1. The first-order chi connectivity index (χ1) is 12.8. The molecule has 1 aromatic heterocycles. The van der Waals surface area contributed by atoms with Crippen molar-refractivity contribution in [2.24, 2.45) is 0 Å². The molecule has 1 aliphatic heterocycles. The highest BCUT2D eigenvalue weighted by Gasteiger charge is 2.37. The Balaban J connectivity index is 1.72. The van der Waals surface area contributed by atoms with Crippen LogP contribution in [-0.2, 0) is 6.54 Å². The van der Waals surface area contributed by atoms with Gasteiger partial charge in [-0.15, -0.1) is 0 Å². The van der Waals surface area contributed by atoms with Crippen LogP contribution in [-0.4, -0.2) is 31.6 Å². The molecule has 0 aliphatic carbocycles. The van der Waals surface area contributed by atoms with Gasteiger partial charge in [-0.25, -0.2) is 4.98 Å². The van der Waals surface area contributed by atoms with Crippen molar-refractivity contribution < 1.29 is 14.5 Å². The van der Waals surface area contributed by atoms with E-state index in [0.717, 1.165) is 17.0 Å². The Bertz CT molecular complexity index is 1220. The van der Waals surface area contributed by atoms with E-state index in [0.29, 0.717) is 15.9 Å². The van der Waals surface area contributed by atoms with Gasteiger partial charge >= 0.3 is 0 Å². The van der Waals surface area contributed by atoms with E-state index in [4.69, 9.17) is 11.6 Å². The molecule has 9 nitrogen and oxygen atoms in total. The maximum Gasteiger partial charge on any atom is 0.270 e. The first-order valence-electron chi connectivity index (χ1n) is 7.68. The van der Waals surface area contributed by atoms with Gasteiger partial charge < -0.3 is 4.98 Å². The summed E-state index contributed by atoms with van der Waals surface area (Å²) in [6, 6.07) is 8.04. The van der Waals surface area contributed by atoms with Crippen LogP contribution in [0.3, 0.4) is 0 Å². The maximum absolute atomic E-state index is 12.5. The minimum atomic E-state index is -0.687. The van der Waals surface area contributed by atoms with Gasteiger partial charge in [-0.3, -0.25) is 29.4 Å². The number of amides is 2. The second-order valence-corrected chi connectivity index (χ2v) is 6.29. The molecular formula is C17H9ClN4O5. The SMILES string of the molecule is O=C1c2ccc([N+](=O)[O-])cc2C(=O)N1Cc1nc2cc(Cl)ccc2c(=O)[nH]1. The lowest BCUT2D eigenvalue weighted by atomic mass is 10.1. The number of H-pyrrole nitrogens is 1. The number of carbonyl (C=O) groups excluding carboxylic acids is 2. The smallest absolute Gasteiger partial charge is 0.270 e. The molecule has 0 radical (unpaired) electrons. The van der Waals surface area contributed by atoms with Crippen LogP contribution in [0.15, 0.2) is 41.2 Å². The molecule has 0 saturated heterocycles. The summed E-state index contributed by atoms with van der Waals surface area (Å²) in [6.07, 6.45) is 0. The molecular weight excluding hydrogens is 376 g/mol. The Morgan fingerprint density at radius 2 is 1.81 bits per heavy atom. The molecule has 1 aliphatic rings. The zero-order chi connectivity index (χ0) is 19.3. The average Bonchev–Trinajstić information content (AvgIpc) is 2.86. The van der Waals surface area contributed by atoms with Crippen LogP contribution in [0.4, 0.5) is 5.69 Å². The van der Waals surface area contributed by atoms with E-state index >= 15 is 0 Å². The zero-order valence-electron chi connectivity index (χ0n) is 13.4. The third-order valence-electron chi connectivity index (χ3n) is 4.19. The molecule has 0 saturated carbocycles. The minimum absolute atomic E-state index is 0.0552. The predicted molar refractivity (Wildman–Crippen MR) is 94.7 cm³/mol. The minimum Gasteiger partial charge on any atom is -0.308 e. The second kappa shape index (κ2) is 5.99. The van der Waals surface area contributed by atoms with Gasteiger partial charge in [-0.05, 0) is 24.3 Å². The number of aromatic nitrogens is 2. The zero-order valence-corrected chi connectivity index (χ0v) is 14.2. The largest absolute Gasteiger partial charge is 0.308 e. The molecule has 2 amide bonds. The van der Waals surface area contributed by atoms with Crippen LogP contribution in [0.25, 0.3) is 10.9 Å². The van der Waals surface area contributed by atoms with Gasteiger partial charge in [-0.1, -0.05) is 11.6 Å². The van der Waals surface area contributed by atoms with E-state index in [9.17, 15) is 24.5 Å². The molecule has 2 aromatic carbocycles. The van der Waals surface area contributed by atoms with Crippen molar-refractivity contribution in [2.45, 2.75) is 6.54 Å². The second-order valence-electron chi connectivity index (χ2n) is 5.86. The average molecular weight is 385 g/mol. The van der Waals surface area contributed by atoms with E-state index in [2.05, 4.69) is 9.97 Å². The third kappa shape index (κ3) is 2.74. The van der Waals surface area contributed by atoms with Gasteiger partial charge in [0.25, 0.3) is 23.1 Å². The topological polar surface area (TPSA) is 126 Å². The van der Waals surface area contributed by atoms with Gasteiger partial charge in [0, 0.05) is 17.2 Å². The molecule has 0 spiro atoms. The van der Waals surface area contributed by atoms with E-state index in [-0.39, 0.29) is 29.2 Å². The predicted octanol–water partition coefficient (Wildman–Crippen LogP) is 2.28. The van der Waals surface area contributed by atoms with Gasteiger partial charge in [0.1, 0.15) is 5.82 Å². The molecule has 10 heteroatoms. The number of hydrogen-bond acceptors (Lipinski definition) is 6.